The molecule has 0 aliphatic carbocycles. The van der Waals surface area contributed by atoms with Gasteiger partial charge in [-0.05, 0) is 0 Å². The summed E-state index contributed by atoms with van der Waals surface area (Å²) in [7, 11) is 0. The molecule has 0 aromatic heterocycles. The smallest absolute Gasteiger partial charge is 0 e. The summed E-state index contributed by atoms with van der Waals surface area (Å²) in [4.78, 5) is 0. The molecule has 0 saturated heterocycles. The molecule has 0 heterocycles. The van der Waals surface area contributed by atoms with Crippen molar-refractivity contribution in [3.05, 3.63) is 0 Å². The van der Waals surface area contributed by atoms with E-state index in [1.54, 1.807) is 0 Å². The molecule has 0 fully saturated rings. The number of hydrogen-bond acceptors (Lipinski definition) is 0. The first-order valence-corrected chi connectivity index (χ1v) is 0. The van der Waals surface area contributed by atoms with Crippen LogP contribution in [-0.2, 0) is 38.5 Å². The third-order valence-electron chi connectivity index (χ3n) is 0. The van der Waals surface area contributed by atoms with Crippen LogP contribution in [0.2, 0.25) is 0 Å². The molecule has 0 N–H and O–H groups in total. The Kier molecular flexibility index (Phi) is 144. The Morgan fingerprint density at radius 3 is 1.00 bits per heavy atom. The summed E-state index contributed by atoms with van der Waals surface area (Å²) in [5, 5.41) is 0. The maximum Gasteiger partial charge on any atom is 0 e. The van der Waals surface area contributed by atoms with Crippen LogP contribution in [0.1, 0.15) is 0 Å². The molecule has 0 aromatic carbocycles. The first kappa shape index (κ1) is 31.9. The van der Waals surface area contributed by atoms with Crippen LogP contribution < -0.4 is 0 Å². The Morgan fingerprint density at radius 2 is 1.00 bits per heavy atom. The van der Waals surface area contributed by atoms with E-state index in [9.17, 15) is 0 Å². The zero-order chi connectivity index (χ0) is 0. The Balaban J connectivity index is 0. The zero-order valence-electron chi connectivity index (χ0n) is 2.04. The minimum atomic E-state index is 0. The van der Waals surface area contributed by atoms with Crippen LogP contribution in [0.3, 0.4) is 0 Å². The number of hydrogen-bond donors (Lipinski definition) is 0. The monoisotopic (exact) mass is 261 g/mol. The molecule has 5 radical (unpaired) electrons. The average Bonchev–Trinajstić information content (AvgIpc) is 0. The minimum Gasteiger partial charge on any atom is -0.153 e. The molecule has 0 saturated carbocycles. The van der Waals surface area contributed by atoms with Gasteiger partial charge in [-0.2, -0.15) is 9.90 Å². The molecule has 4 heavy (non-hydrogen) atoms. The third kappa shape index (κ3) is 8.82. The fourth-order valence-electron chi connectivity index (χ4n) is 0. The first-order chi connectivity index (χ1) is 0. The summed E-state index contributed by atoms with van der Waals surface area (Å²) in [5.41, 5.74) is 0. The van der Waals surface area contributed by atoms with Crippen molar-refractivity contribution in [1.29, 1.82) is 0 Å². The molecule has 0 amide bonds. The van der Waals surface area contributed by atoms with Crippen molar-refractivity contribution < 1.29 is 38.5 Å². The predicted octanol–water partition coefficient (Wildman–Crippen LogP) is -0.328. The van der Waals surface area contributed by atoms with Crippen molar-refractivity contribution >= 4 is 33.8 Å². The van der Waals surface area contributed by atoms with Crippen LogP contribution in [-0.4, -0.2) is 23.9 Å². The van der Waals surface area contributed by atoms with Crippen LogP contribution in [0.25, 0.3) is 0 Å². The molecule has 0 aromatic rings. The van der Waals surface area contributed by atoms with Gasteiger partial charge >= 0.3 is 0 Å². The van der Waals surface area contributed by atoms with E-state index < -0.39 is 0 Å². The Bertz CT molecular complexity index is 8.00. The summed E-state index contributed by atoms with van der Waals surface area (Å²) in [6, 6.07) is 0. The first-order valence-electron chi connectivity index (χ1n) is 0. The standard InChI is InChI=1S/Co.H3P.Sn.Ti/h;1H3;;. The van der Waals surface area contributed by atoms with Crippen LogP contribution in [0, 0.1) is 0 Å². The van der Waals surface area contributed by atoms with Gasteiger partial charge in [-0.1, -0.05) is 0 Å². The van der Waals surface area contributed by atoms with E-state index in [-0.39, 0.29) is 72.3 Å². The van der Waals surface area contributed by atoms with Gasteiger partial charge in [0.05, 0.1) is 0 Å². The minimum absolute atomic E-state index is 0. The van der Waals surface area contributed by atoms with E-state index in [1.165, 1.54) is 0 Å². The predicted molar refractivity (Wildman–Crippen MR) is 16.9 cm³/mol. The summed E-state index contributed by atoms with van der Waals surface area (Å²) >= 11 is 0. The van der Waals surface area contributed by atoms with Crippen molar-refractivity contribution in [2.75, 3.05) is 0 Å². The SMILES string of the molecule is P.[Co].[Sn].[Ti]. The second kappa shape index (κ2) is 18.0. The van der Waals surface area contributed by atoms with Crippen LogP contribution >= 0.6 is 9.90 Å². The second-order valence-corrected chi connectivity index (χ2v) is 0. The zero-order valence-corrected chi connectivity index (χ0v) is 8.91. The van der Waals surface area contributed by atoms with Crippen molar-refractivity contribution in [2.24, 2.45) is 0 Å². The van der Waals surface area contributed by atoms with E-state index in [0.29, 0.717) is 0 Å². The maximum atomic E-state index is 0. The van der Waals surface area contributed by atoms with Gasteiger partial charge in [0.1, 0.15) is 0 Å². The third-order valence-corrected chi connectivity index (χ3v) is 0. The second-order valence-electron chi connectivity index (χ2n) is 0. The Morgan fingerprint density at radius 1 is 1.00 bits per heavy atom. The quantitative estimate of drug-likeness (QED) is 0.413. The van der Waals surface area contributed by atoms with Crippen LogP contribution in [0.4, 0.5) is 0 Å². The fourth-order valence-corrected chi connectivity index (χ4v) is 0. The Hall–Kier alpha value is 2.45. The molecule has 0 bridgehead atoms. The normalized spacial score (nSPS) is 0. The van der Waals surface area contributed by atoms with E-state index >= 15 is 0 Å². The van der Waals surface area contributed by atoms with Gasteiger partial charge < -0.3 is 0 Å². The van der Waals surface area contributed by atoms with Gasteiger partial charge in [0, 0.05) is 62.4 Å². The summed E-state index contributed by atoms with van der Waals surface area (Å²) in [5.74, 6) is 0. The molecule has 1 atom stereocenters. The van der Waals surface area contributed by atoms with E-state index in [2.05, 4.69) is 0 Å². The summed E-state index contributed by atoms with van der Waals surface area (Å²) < 4.78 is 0. The van der Waals surface area contributed by atoms with Gasteiger partial charge in [-0.25, -0.2) is 0 Å². The van der Waals surface area contributed by atoms with E-state index in [1.807, 2.05) is 0 Å². The molecule has 0 aliphatic rings. The van der Waals surface area contributed by atoms with E-state index in [0.717, 1.165) is 0 Å². The van der Waals surface area contributed by atoms with Gasteiger partial charge in [0.2, 0.25) is 0 Å². The molecule has 25 valence electrons. The largest absolute Gasteiger partial charge is 0.153 e. The number of rotatable bonds is 0. The van der Waals surface area contributed by atoms with Crippen molar-refractivity contribution in [1.82, 2.24) is 0 Å². The van der Waals surface area contributed by atoms with Gasteiger partial charge in [-0.15, -0.1) is 0 Å². The Labute approximate surface area is 71.5 Å². The molecular formula is H3CoPSnTi. The summed E-state index contributed by atoms with van der Waals surface area (Å²) in [6.45, 7) is 0. The average molecular weight is 260 g/mol. The molecule has 0 rings (SSSR count). The van der Waals surface area contributed by atoms with Crippen LogP contribution in [0.5, 0.6) is 0 Å². The molecule has 4 heteroatoms. The van der Waals surface area contributed by atoms with Crippen molar-refractivity contribution in [3.8, 4) is 0 Å². The van der Waals surface area contributed by atoms with Crippen molar-refractivity contribution in [2.45, 2.75) is 0 Å². The van der Waals surface area contributed by atoms with Crippen LogP contribution in [0.15, 0.2) is 0 Å². The van der Waals surface area contributed by atoms with Crippen molar-refractivity contribution in [3.63, 3.8) is 0 Å². The molecule has 0 aliphatic heterocycles. The fraction of sp³-hybridized carbons (Fsp3) is 0. The topological polar surface area (TPSA) is 0 Å². The molecule has 1 unspecified atom stereocenters. The van der Waals surface area contributed by atoms with Gasteiger partial charge in [-0.3, -0.25) is 0 Å². The molecule has 0 spiro atoms. The maximum absolute atomic E-state index is 0. The molecule has 0 nitrogen and oxygen atoms in total. The van der Waals surface area contributed by atoms with E-state index in [4.69, 9.17) is 0 Å². The van der Waals surface area contributed by atoms with Gasteiger partial charge in [0.15, 0.2) is 0 Å². The van der Waals surface area contributed by atoms with Gasteiger partial charge in [0.25, 0.3) is 0 Å². The molecular weight excluding hydrogens is 256 g/mol. The summed E-state index contributed by atoms with van der Waals surface area (Å²) in [6.07, 6.45) is 0.